The molecular formula is C12H12BrNOS. The number of methoxy groups -OCH3 is 1. The van der Waals surface area contributed by atoms with Gasteiger partial charge in [0.25, 0.3) is 0 Å². The summed E-state index contributed by atoms with van der Waals surface area (Å²) in [7, 11) is 1.65. The number of benzene rings is 1. The first kappa shape index (κ1) is 11.6. The zero-order valence-electron chi connectivity index (χ0n) is 8.81. The van der Waals surface area contributed by atoms with Crippen LogP contribution in [0.25, 0.3) is 0 Å². The Morgan fingerprint density at radius 3 is 2.69 bits per heavy atom. The maximum atomic E-state index is 6.17. The maximum absolute atomic E-state index is 6.17. The summed E-state index contributed by atoms with van der Waals surface area (Å²) in [5.41, 5.74) is 8.38. The van der Waals surface area contributed by atoms with Crippen LogP contribution in [-0.4, -0.2) is 7.11 Å². The second kappa shape index (κ2) is 4.99. The van der Waals surface area contributed by atoms with E-state index in [4.69, 9.17) is 10.5 Å². The van der Waals surface area contributed by atoms with Crippen molar-refractivity contribution in [3.8, 4) is 5.75 Å². The first-order valence-corrected chi connectivity index (χ1v) is 6.57. The third kappa shape index (κ3) is 2.29. The van der Waals surface area contributed by atoms with Crippen molar-refractivity contribution >= 4 is 27.3 Å². The van der Waals surface area contributed by atoms with Gasteiger partial charge in [0, 0.05) is 0 Å². The zero-order valence-corrected chi connectivity index (χ0v) is 11.2. The summed E-state index contributed by atoms with van der Waals surface area (Å²) in [5, 5.41) is 4.11. The van der Waals surface area contributed by atoms with E-state index in [2.05, 4.69) is 21.3 Å². The Hall–Kier alpha value is -0.840. The topological polar surface area (TPSA) is 35.2 Å². The largest absolute Gasteiger partial charge is 0.496 e. The second-order valence-corrected chi connectivity index (χ2v) is 5.06. The van der Waals surface area contributed by atoms with Crippen molar-refractivity contribution < 1.29 is 4.74 Å². The van der Waals surface area contributed by atoms with Gasteiger partial charge in [-0.2, -0.15) is 11.3 Å². The van der Waals surface area contributed by atoms with E-state index in [1.807, 2.05) is 29.6 Å². The molecule has 0 aliphatic rings. The van der Waals surface area contributed by atoms with E-state index >= 15 is 0 Å². The van der Waals surface area contributed by atoms with Gasteiger partial charge < -0.3 is 10.5 Å². The van der Waals surface area contributed by atoms with Crippen molar-refractivity contribution in [2.75, 3.05) is 7.11 Å². The van der Waals surface area contributed by atoms with Crippen molar-refractivity contribution in [2.45, 2.75) is 6.04 Å². The summed E-state index contributed by atoms with van der Waals surface area (Å²) in [6, 6.07) is 7.89. The average Bonchev–Trinajstić information content (AvgIpc) is 2.81. The summed E-state index contributed by atoms with van der Waals surface area (Å²) in [4.78, 5) is 0. The minimum Gasteiger partial charge on any atom is -0.496 e. The average molecular weight is 298 g/mol. The van der Waals surface area contributed by atoms with Gasteiger partial charge in [0.15, 0.2) is 0 Å². The molecule has 1 heterocycles. The first-order valence-electron chi connectivity index (χ1n) is 4.83. The molecule has 0 aliphatic heterocycles. The van der Waals surface area contributed by atoms with Crippen LogP contribution < -0.4 is 10.5 Å². The van der Waals surface area contributed by atoms with Crippen LogP contribution in [0.4, 0.5) is 0 Å². The molecule has 0 fully saturated rings. The fourth-order valence-electron chi connectivity index (χ4n) is 1.52. The van der Waals surface area contributed by atoms with Crippen molar-refractivity contribution in [1.29, 1.82) is 0 Å². The van der Waals surface area contributed by atoms with Gasteiger partial charge in [-0.3, -0.25) is 0 Å². The molecule has 2 rings (SSSR count). The molecule has 16 heavy (non-hydrogen) atoms. The highest BCUT2D eigenvalue weighted by atomic mass is 79.9. The van der Waals surface area contributed by atoms with Gasteiger partial charge in [0.05, 0.1) is 17.6 Å². The van der Waals surface area contributed by atoms with E-state index < -0.39 is 0 Å². The number of halogens is 1. The van der Waals surface area contributed by atoms with Gasteiger partial charge in [-0.25, -0.2) is 0 Å². The Bertz CT molecular complexity index is 470. The highest BCUT2D eigenvalue weighted by molar-refractivity contribution is 9.10. The van der Waals surface area contributed by atoms with E-state index in [1.54, 1.807) is 18.4 Å². The standard InChI is InChI=1S/C12H12BrNOS/c1-15-11-3-2-8(6-10(11)13)12(14)9-4-5-16-7-9/h2-7,12H,14H2,1H3/t12-/m0/s1. The van der Waals surface area contributed by atoms with E-state index in [9.17, 15) is 0 Å². The lowest BCUT2D eigenvalue weighted by molar-refractivity contribution is 0.412. The molecule has 1 aromatic carbocycles. The van der Waals surface area contributed by atoms with E-state index in [0.717, 1.165) is 21.3 Å². The lowest BCUT2D eigenvalue weighted by atomic mass is 10.0. The second-order valence-electron chi connectivity index (χ2n) is 3.43. The third-order valence-corrected chi connectivity index (χ3v) is 3.76. The van der Waals surface area contributed by atoms with Gasteiger partial charge >= 0.3 is 0 Å². The van der Waals surface area contributed by atoms with Crippen molar-refractivity contribution in [2.24, 2.45) is 5.73 Å². The number of hydrogen-bond donors (Lipinski definition) is 1. The zero-order chi connectivity index (χ0) is 11.5. The van der Waals surface area contributed by atoms with Crippen molar-refractivity contribution in [3.05, 3.63) is 50.6 Å². The quantitative estimate of drug-likeness (QED) is 0.940. The smallest absolute Gasteiger partial charge is 0.133 e. The molecule has 1 atom stereocenters. The minimum atomic E-state index is -0.0755. The van der Waals surface area contributed by atoms with Crippen LogP contribution in [-0.2, 0) is 0 Å². The molecule has 2 aromatic rings. The summed E-state index contributed by atoms with van der Waals surface area (Å²) in [6.45, 7) is 0. The number of thiophene rings is 1. The monoisotopic (exact) mass is 297 g/mol. The van der Waals surface area contributed by atoms with Crippen LogP contribution in [0.1, 0.15) is 17.2 Å². The molecule has 0 saturated carbocycles. The molecule has 4 heteroatoms. The normalized spacial score (nSPS) is 12.4. The van der Waals surface area contributed by atoms with Gasteiger partial charge in [-0.15, -0.1) is 0 Å². The van der Waals surface area contributed by atoms with Crippen LogP contribution in [0.2, 0.25) is 0 Å². The molecule has 1 aromatic heterocycles. The van der Waals surface area contributed by atoms with Gasteiger partial charge in [0.1, 0.15) is 5.75 Å². The molecule has 0 unspecified atom stereocenters. The van der Waals surface area contributed by atoms with Crippen molar-refractivity contribution in [3.63, 3.8) is 0 Å². The maximum Gasteiger partial charge on any atom is 0.133 e. The Morgan fingerprint density at radius 1 is 1.31 bits per heavy atom. The first-order chi connectivity index (χ1) is 7.72. The summed E-state index contributed by atoms with van der Waals surface area (Å²) in [6.07, 6.45) is 0. The predicted molar refractivity (Wildman–Crippen MR) is 71.0 cm³/mol. The summed E-state index contributed by atoms with van der Waals surface area (Å²) < 4.78 is 6.11. The molecule has 2 N–H and O–H groups in total. The van der Waals surface area contributed by atoms with E-state index in [0.29, 0.717) is 0 Å². The molecule has 0 radical (unpaired) electrons. The molecule has 0 saturated heterocycles. The third-order valence-electron chi connectivity index (χ3n) is 2.44. The van der Waals surface area contributed by atoms with Gasteiger partial charge in [-0.05, 0) is 56.0 Å². The van der Waals surface area contributed by atoms with E-state index in [1.165, 1.54) is 0 Å². The van der Waals surface area contributed by atoms with Gasteiger partial charge in [0.2, 0.25) is 0 Å². The van der Waals surface area contributed by atoms with Crippen LogP contribution in [0, 0.1) is 0 Å². The molecule has 0 spiro atoms. The van der Waals surface area contributed by atoms with Gasteiger partial charge in [-0.1, -0.05) is 6.07 Å². The Balaban J connectivity index is 2.31. The van der Waals surface area contributed by atoms with Crippen LogP contribution in [0.3, 0.4) is 0 Å². The Morgan fingerprint density at radius 2 is 2.12 bits per heavy atom. The van der Waals surface area contributed by atoms with Crippen LogP contribution >= 0.6 is 27.3 Å². The van der Waals surface area contributed by atoms with Crippen LogP contribution in [0.15, 0.2) is 39.5 Å². The highest BCUT2D eigenvalue weighted by Crippen LogP contribution is 2.30. The van der Waals surface area contributed by atoms with Crippen molar-refractivity contribution in [1.82, 2.24) is 0 Å². The molecule has 0 aliphatic carbocycles. The molecular weight excluding hydrogens is 286 g/mol. The lowest BCUT2D eigenvalue weighted by Gasteiger charge is -2.12. The number of ether oxygens (including phenoxy) is 1. The lowest BCUT2D eigenvalue weighted by Crippen LogP contribution is -2.10. The number of hydrogen-bond acceptors (Lipinski definition) is 3. The Labute approximate surface area is 107 Å². The molecule has 0 bridgehead atoms. The SMILES string of the molecule is COc1ccc([C@H](N)c2ccsc2)cc1Br. The van der Waals surface area contributed by atoms with E-state index in [-0.39, 0.29) is 6.04 Å². The predicted octanol–water partition coefficient (Wildman–Crippen LogP) is 3.57. The molecule has 84 valence electrons. The number of rotatable bonds is 3. The summed E-state index contributed by atoms with van der Waals surface area (Å²) in [5.74, 6) is 0.821. The highest BCUT2D eigenvalue weighted by Gasteiger charge is 2.11. The molecule has 0 amide bonds. The number of nitrogens with two attached hydrogens (primary N) is 1. The fourth-order valence-corrected chi connectivity index (χ4v) is 2.78. The summed E-state index contributed by atoms with van der Waals surface area (Å²) >= 11 is 5.12. The minimum absolute atomic E-state index is 0.0755. The fraction of sp³-hybridized carbons (Fsp3) is 0.167. The van der Waals surface area contributed by atoms with Crippen LogP contribution in [0.5, 0.6) is 5.75 Å². The molecule has 2 nitrogen and oxygen atoms in total. The Kier molecular flexibility index (Phi) is 3.63.